The van der Waals surface area contributed by atoms with E-state index >= 15 is 0 Å². The van der Waals surface area contributed by atoms with Crippen molar-refractivity contribution >= 4 is 11.8 Å². The lowest BCUT2D eigenvalue weighted by atomic mass is 9.81. The standard InChI is InChI=1S/C17H16F3NOS/c1-16(2)9-14(11-4-3-7-21-10-11)13-8-12(23-17(18,19)20)5-6-15(13)22-16/h3-8,10,14H,9H2,1-2H3. The zero-order valence-corrected chi connectivity index (χ0v) is 13.5. The summed E-state index contributed by atoms with van der Waals surface area (Å²) < 4.78 is 43.9. The van der Waals surface area contributed by atoms with E-state index in [2.05, 4.69) is 4.98 Å². The first kappa shape index (κ1) is 16.2. The zero-order valence-electron chi connectivity index (χ0n) is 12.7. The van der Waals surface area contributed by atoms with Crippen LogP contribution < -0.4 is 4.74 Å². The van der Waals surface area contributed by atoms with Crippen molar-refractivity contribution in [2.75, 3.05) is 0 Å². The Morgan fingerprint density at radius 2 is 2.04 bits per heavy atom. The van der Waals surface area contributed by atoms with Crippen LogP contribution >= 0.6 is 11.8 Å². The molecule has 0 bridgehead atoms. The first-order chi connectivity index (χ1) is 10.7. The van der Waals surface area contributed by atoms with E-state index in [9.17, 15) is 13.2 Å². The molecule has 2 nitrogen and oxygen atoms in total. The summed E-state index contributed by atoms with van der Waals surface area (Å²) >= 11 is -0.100. The van der Waals surface area contributed by atoms with Crippen LogP contribution in [-0.4, -0.2) is 16.1 Å². The Kier molecular flexibility index (Phi) is 4.04. The van der Waals surface area contributed by atoms with Gasteiger partial charge >= 0.3 is 5.51 Å². The van der Waals surface area contributed by atoms with Crippen LogP contribution in [-0.2, 0) is 0 Å². The first-order valence-corrected chi connectivity index (χ1v) is 8.04. The van der Waals surface area contributed by atoms with Gasteiger partial charge in [0.05, 0.1) is 0 Å². The number of aromatic nitrogens is 1. The Labute approximate surface area is 137 Å². The lowest BCUT2D eigenvalue weighted by Crippen LogP contribution is -2.35. The van der Waals surface area contributed by atoms with E-state index in [4.69, 9.17) is 4.74 Å². The van der Waals surface area contributed by atoms with Crippen molar-refractivity contribution in [3.8, 4) is 5.75 Å². The number of pyridine rings is 1. The fourth-order valence-electron chi connectivity index (χ4n) is 2.91. The molecule has 0 saturated carbocycles. The smallest absolute Gasteiger partial charge is 0.446 e. The Balaban J connectivity index is 2.04. The SMILES string of the molecule is CC1(C)CC(c2cccnc2)c2cc(SC(F)(F)F)ccc2O1. The summed E-state index contributed by atoms with van der Waals surface area (Å²) in [6, 6.07) is 8.46. The number of alkyl halides is 3. The average molecular weight is 339 g/mol. The highest BCUT2D eigenvalue weighted by Crippen LogP contribution is 2.46. The molecule has 6 heteroatoms. The third-order valence-corrected chi connectivity index (χ3v) is 4.48. The van der Waals surface area contributed by atoms with Crippen molar-refractivity contribution in [2.45, 2.75) is 42.2 Å². The number of fused-ring (bicyclic) bond motifs is 1. The van der Waals surface area contributed by atoms with Crippen molar-refractivity contribution in [3.63, 3.8) is 0 Å². The van der Waals surface area contributed by atoms with Gasteiger partial charge in [0.25, 0.3) is 0 Å². The number of thioether (sulfide) groups is 1. The molecule has 0 saturated heterocycles. The van der Waals surface area contributed by atoms with E-state index in [1.807, 2.05) is 26.0 Å². The molecule has 1 aliphatic heterocycles. The molecule has 23 heavy (non-hydrogen) atoms. The summed E-state index contributed by atoms with van der Waals surface area (Å²) in [5.74, 6) is 0.609. The predicted molar refractivity (Wildman–Crippen MR) is 83.8 cm³/mol. The molecule has 2 aromatic rings. The normalized spacial score (nSPS) is 19.8. The predicted octanol–water partition coefficient (Wildman–Crippen LogP) is 5.39. The minimum atomic E-state index is -4.30. The van der Waals surface area contributed by atoms with Crippen molar-refractivity contribution in [1.29, 1.82) is 0 Å². The minimum absolute atomic E-state index is 0.0313. The van der Waals surface area contributed by atoms with Gasteiger partial charge in [-0.3, -0.25) is 4.98 Å². The van der Waals surface area contributed by atoms with Gasteiger partial charge in [-0.25, -0.2) is 0 Å². The highest BCUT2D eigenvalue weighted by Gasteiger charge is 2.36. The van der Waals surface area contributed by atoms with Gasteiger partial charge in [-0.2, -0.15) is 13.2 Å². The molecule has 0 fully saturated rings. The number of hydrogen-bond donors (Lipinski definition) is 0. The van der Waals surface area contributed by atoms with E-state index < -0.39 is 5.51 Å². The maximum atomic E-state index is 12.6. The maximum Gasteiger partial charge on any atom is 0.446 e. The van der Waals surface area contributed by atoms with Gasteiger partial charge in [0.15, 0.2) is 0 Å². The molecular formula is C17H16F3NOS. The van der Waals surface area contributed by atoms with Crippen molar-refractivity contribution in [3.05, 3.63) is 53.9 Å². The Bertz CT molecular complexity index is 701. The lowest BCUT2D eigenvalue weighted by Gasteiger charge is -2.38. The highest BCUT2D eigenvalue weighted by atomic mass is 32.2. The van der Waals surface area contributed by atoms with Gasteiger partial charge in [0.2, 0.25) is 0 Å². The van der Waals surface area contributed by atoms with E-state index in [-0.39, 0.29) is 28.2 Å². The van der Waals surface area contributed by atoms with E-state index in [1.54, 1.807) is 24.5 Å². The van der Waals surface area contributed by atoms with E-state index in [1.165, 1.54) is 6.07 Å². The third kappa shape index (κ3) is 3.80. The molecule has 1 unspecified atom stereocenters. The van der Waals surface area contributed by atoms with Gasteiger partial charge in [0.1, 0.15) is 11.4 Å². The van der Waals surface area contributed by atoms with Crippen LogP contribution in [0.5, 0.6) is 5.75 Å². The van der Waals surface area contributed by atoms with Gasteiger partial charge < -0.3 is 4.74 Å². The second kappa shape index (κ2) is 5.74. The number of nitrogens with zero attached hydrogens (tertiary/aromatic N) is 1. The van der Waals surface area contributed by atoms with Crippen LogP contribution in [0.2, 0.25) is 0 Å². The molecule has 2 heterocycles. The monoisotopic (exact) mass is 339 g/mol. The van der Waals surface area contributed by atoms with Gasteiger partial charge in [-0.15, -0.1) is 0 Å². The molecule has 0 aliphatic carbocycles. The van der Waals surface area contributed by atoms with Crippen LogP contribution in [0.25, 0.3) is 0 Å². The summed E-state index contributed by atoms with van der Waals surface area (Å²) in [4.78, 5) is 4.31. The first-order valence-electron chi connectivity index (χ1n) is 7.22. The summed E-state index contributed by atoms with van der Waals surface area (Å²) in [6.07, 6.45) is 4.13. The van der Waals surface area contributed by atoms with Crippen molar-refractivity contribution in [2.24, 2.45) is 0 Å². The van der Waals surface area contributed by atoms with Gasteiger partial charge in [-0.1, -0.05) is 6.07 Å². The molecule has 1 aliphatic rings. The Morgan fingerprint density at radius 3 is 2.70 bits per heavy atom. The summed E-state index contributed by atoms with van der Waals surface area (Å²) in [5.41, 5.74) is -2.91. The number of benzene rings is 1. The second-order valence-corrected chi connectivity index (χ2v) is 7.29. The van der Waals surface area contributed by atoms with Crippen molar-refractivity contribution < 1.29 is 17.9 Å². The number of rotatable bonds is 2. The highest BCUT2D eigenvalue weighted by molar-refractivity contribution is 8.00. The Hall–Kier alpha value is -1.69. The second-order valence-electron chi connectivity index (χ2n) is 6.15. The molecule has 0 amide bonds. The third-order valence-electron chi connectivity index (χ3n) is 3.76. The molecule has 1 aromatic heterocycles. The average Bonchev–Trinajstić information content (AvgIpc) is 2.45. The minimum Gasteiger partial charge on any atom is -0.488 e. The zero-order chi connectivity index (χ0) is 16.7. The molecule has 1 atom stereocenters. The summed E-state index contributed by atoms with van der Waals surface area (Å²) in [7, 11) is 0. The fraction of sp³-hybridized carbons (Fsp3) is 0.353. The van der Waals surface area contributed by atoms with Gasteiger partial charge in [-0.05, 0) is 61.9 Å². The lowest BCUT2D eigenvalue weighted by molar-refractivity contribution is -0.0328. The van der Waals surface area contributed by atoms with Crippen LogP contribution in [0.1, 0.15) is 37.3 Å². The molecule has 0 N–H and O–H groups in total. The number of hydrogen-bond acceptors (Lipinski definition) is 3. The van der Waals surface area contributed by atoms with E-state index in [0.717, 1.165) is 11.1 Å². The number of halogens is 3. The molecule has 3 rings (SSSR count). The molecule has 122 valence electrons. The summed E-state index contributed by atoms with van der Waals surface area (Å²) in [6.45, 7) is 3.97. The van der Waals surface area contributed by atoms with Crippen LogP contribution in [0, 0.1) is 0 Å². The topological polar surface area (TPSA) is 22.1 Å². The number of ether oxygens (including phenoxy) is 1. The molecular weight excluding hydrogens is 323 g/mol. The Morgan fingerprint density at radius 1 is 1.26 bits per heavy atom. The van der Waals surface area contributed by atoms with Crippen LogP contribution in [0.3, 0.4) is 0 Å². The van der Waals surface area contributed by atoms with Crippen LogP contribution in [0.4, 0.5) is 13.2 Å². The quantitative estimate of drug-likeness (QED) is 0.685. The van der Waals surface area contributed by atoms with Crippen molar-refractivity contribution in [1.82, 2.24) is 4.98 Å². The van der Waals surface area contributed by atoms with Crippen LogP contribution in [0.15, 0.2) is 47.6 Å². The fourth-order valence-corrected chi connectivity index (χ4v) is 3.50. The summed E-state index contributed by atoms with van der Waals surface area (Å²) in [5, 5.41) is 0. The molecule has 0 radical (unpaired) electrons. The molecule has 0 spiro atoms. The van der Waals surface area contributed by atoms with E-state index in [0.29, 0.717) is 12.2 Å². The maximum absolute atomic E-state index is 12.6. The molecule has 1 aromatic carbocycles. The largest absolute Gasteiger partial charge is 0.488 e. The van der Waals surface area contributed by atoms with Gasteiger partial charge in [0, 0.05) is 28.8 Å².